The Labute approximate surface area is 99.3 Å². The minimum absolute atomic E-state index is 0.636. The quantitative estimate of drug-likeness (QED) is 0.824. The second-order valence-electron chi connectivity index (χ2n) is 3.69. The molecule has 82 valence electrons. The molecule has 0 aliphatic rings. The normalized spacial score (nSPS) is 10.4. The van der Waals surface area contributed by atoms with E-state index < -0.39 is 0 Å². The van der Waals surface area contributed by atoms with Crippen LogP contribution in [0.4, 0.5) is 5.69 Å². The maximum Gasteiger partial charge on any atom is 0.0624 e. The van der Waals surface area contributed by atoms with E-state index in [0.29, 0.717) is 10.7 Å². The molecule has 0 aliphatic carbocycles. The molecule has 2 N–H and O–H groups in total. The fourth-order valence-electron chi connectivity index (χ4n) is 1.50. The molecule has 3 nitrogen and oxygen atoms in total. The van der Waals surface area contributed by atoms with Gasteiger partial charge in [0, 0.05) is 23.0 Å². The van der Waals surface area contributed by atoms with Gasteiger partial charge in [-0.3, -0.25) is 9.97 Å². The fourth-order valence-corrected chi connectivity index (χ4v) is 1.66. The molecule has 0 radical (unpaired) electrons. The van der Waals surface area contributed by atoms with Crippen molar-refractivity contribution in [3.8, 4) is 11.1 Å². The first-order chi connectivity index (χ1) is 7.58. The largest absolute Gasteiger partial charge is 0.397 e. The van der Waals surface area contributed by atoms with Crippen LogP contribution in [-0.4, -0.2) is 9.97 Å². The number of nitrogens with two attached hydrogens (primary N) is 1. The summed E-state index contributed by atoms with van der Waals surface area (Å²) in [6.45, 7) is 3.80. The van der Waals surface area contributed by atoms with E-state index in [1.54, 1.807) is 12.4 Å². The first-order valence-corrected chi connectivity index (χ1v) is 5.30. The average Bonchev–Trinajstić information content (AvgIpc) is 2.26. The number of rotatable bonds is 1. The van der Waals surface area contributed by atoms with Gasteiger partial charge in [0.25, 0.3) is 0 Å². The number of nitrogen functional groups attached to an aromatic ring is 1. The van der Waals surface area contributed by atoms with Crippen molar-refractivity contribution in [3.63, 3.8) is 0 Å². The van der Waals surface area contributed by atoms with Crippen molar-refractivity contribution in [2.24, 2.45) is 0 Å². The van der Waals surface area contributed by atoms with Gasteiger partial charge in [0.2, 0.25) is 0 Å². The topological polar surface area (TPSA) is 51.8 Å². The molecule has 2 rings (SSSR count). The molecule has 0 bridgehead atoms. The van der Waals surface area contributed by atoms with E-state index in [1.807, 2.05) is 26.0 Å². The van der Waals surface area contributed by atoms with E-state index in [0.717, 1.165) is 22.5 Å². The molecule has 2 aromatic heterocycles. The van der Waals surface area contributed by atoms with Crippen LogP contribution in [0.5, 0.6) is 0 Å². The number of hydrogen-bond acceptors (Lipinski definition) is 3. The molecule has 0 spiro atoms. The van der Waals surface area contributed by atoms with Crippen LogP contribution in [0.2, 0.25) is 5.02 Å². The number of anilines is 1. The standard InChI is InChI=1S/C12H12ClN3/c1-7-11(4-10(14)6-16-7)9-3-12(13)8(2)15-5-9/h3-6H,14H2,1-2H3. The number of nitrogens with zero attached hydrogens (tertiary/aromatic N) is 2. The lowest BCUT2D eigenvalue weighted by atomic mass is 10.1. The summed E-state index contributed by atoms with van der Waals surface area (Å²) in [6, 6.07) is 3.76. The predicted octanol–water partition coefficient (Wildman–Crippen LogP) is 3.00. The van der Waals surface area contributed by atoms with Crippen molar-refractivity contribution in [2.75, 3.05) is 5.73 Å². The SMILES string of the molecule is Cc1ncc(-c2cc(N)cnc2C)cc1Cl. The first kappa shape index (κ1) is 10.9. The van der Waals surface area contributed by atoms with Gasteiger partial charge in [0.05, 0.1) is 22.6 Å². The highest BCUT2D eigenvalue weighted by Gasteiger charge is 2.06. The highest BCUT2D eigenvalue weighted by molar-refractivity contribution is 6.31. The van der Waals surface area contributed by atoms with Crippen LogP contribution in [0.1, 0.15) is 11.4 Å². The average molecular weight is 234 g/mol. The van der Waals surface area contributed by atoms with Gasteiger partial charge in [-0.1, -0.05) is 11.6 Å². The van der Waals surface area contributed by atoms with Gasteiger partial charge in [-0.25, -0.2) is 0 Å². The van der Waals surface area contributed by atoms with Crippen LogP contribution < -0.4 is 5.73 Å². The molecular weight excluding hydrogens is 222 g/mol. The Kier molecular flexibility index (Phi) is 2.79. The maximum absolute atomic E-state index is 6.04. The zero-order valence-electron chi connectivity index (χ0n) is 9.16. The second-order valence-corrected chi connectivity index (χ2v) is 4.10. The monoisotopic (exact) mass is 233 g/mol. The van der Waals surface area contributed by atoms with E-state index in [-0.39, 0.29) is 0 Å². The lowest BCUT2D eigenvalue weighted by Crippen LogP contribution is -1.93. The Morgan fingerprint density at radius 1 is 1.06 bits per heavy atom. The molecule has 2 heterocycles. The summed E-state index contributed by atoms with van der Waals surface area (Å²) in [6.07, 6.45) is 3.42. The highest BCUT2D eigenvalue weighted by Crippen LogP contribution is 2.26. The summed E-state index contributed by atoms with van der Waals surface area (Å²) in [5, 5.41) is 0.652. The molecule has 2 aromatic rings. The molecule has 0 aliphatic heterocycles. The molecule has 0 amide bonds. The predicted molar refractivity (Wildman–Crippen MR) is 66.4 cm³/mol. The fraction of sp³-hybridized carbons (Fsp3) is 0.167. The van der Waals surface area contributed by atoms with E-state index >= 15 is 0 Å². The zero-order chi connectivity index (χ0) is 11.7. The molecule has 4 heteroatoms. The molecular formula is C12H12ClN3. The number of hydrogen-bond donors (Lipinski definition) is 1. The number of halogens is 1. The van der Waals surface area contributed by atoms with Crippen molar-refractivity contribution in [1.29, 1.82) is 0 Å². The van der Waals surface area contributed by atoms with E-state index in [9.17, 15) is 0 Å². The van der Waals surface area contributed by atoms with Crippen molar-refractivity contribution in [2.45, 2.75) is 13.8 Å². The lowest BCUT2D eigenvalue weighted by molar-refractivity contribution is 1.18. The van der Waals surface area contributed by atoms with E-state index in [4.69, 9.17) is 17.3 Å². The van der Waals surface area contributed by atoms with Gasteiger partial charge in [-0.15, -0.1) is 0 Å². The Morgan fingerprint density at radius 2 is 1.75 bits per heavy atom. The third-order valence-corrected chi connectivity index (χ3v) is 2.83. The van der Waals surface area contributed by atoms with Gasteiger partial charge in [-0.2, -0.15) is 0 Å². The van der Waals surface area contributed by atoms with Gasteiger partial charge < -0.3 is 5.73 Å². The maximum atomic E-state index is 6.04. The Balaban J connectivity index is 2.58. The van der Waals surface area contributed by atoms with Crippen LogP contribution in [-0.2, 0) is 0 Å². The smallest absolute Gasteiger partial charge is 0.0624 e. The molecule has 0 aromatic carbocycles. The van der Waals surface area contributed by atoms with E-state index in [2.05, 4.69) is 9.97 Å². The summed E-state index contributed by atoms with van der Waals surface area (Å²) in [5.74, 6) is 0. The van der Waals surface area contributed by atoms with Crippen LogP contribution in [0.3, 0.4) is 0 Å². The third kappa shape index (κ3) is 1.99. The summed E-state index contributed by atoms with van der Waals surface area (Å²) in [4.78, 5) is 8.44. The minimum atomic E-state index is 0.636. The number of aromatic nitrogens is 2. The van der Waals surface area contributed by atoms with Gasteiger partial charge in [0.1, 0.15) is 0 Å². The first-order valence-electron chi connectivity index (χ1n) is 4.92. The van der Waals surface area contributed by atoms with Crippen LogP contribution in [0, 0.1) is 13.8 Å². The third-order valence-electron chi connectivity index (χ3n) is 2.44. The summed E-state index contributed by atoms with van der Waals surface area (Å²) >= 11 is 6.04. The Hall–Kier alpha value is -1.61. The molecule has 0 saturated carbocycles. The van der Waals surface area contributed by atoms with E-state index in [1.165, 1.54) is 0 Å². The minimum Gasteiger partial charge on any atom is -0.397 e. The van der Waals surface area contributed by atoms with Crippen molar-refractivity contribution in [1.82, 2.24) is 9.97 Å². The summed E-state index contributed by atoms with van der Waals surface area (Å²) in [5.41, 5.74) is 9.99. The Morgan fingerprint density at radius 3 is 2.44 bits per heavy atom. The van der Waals surface area contributed by atoms with Gasteiger partial charge in [-0.05, 0) is 26.0 Å². The van der Waals surface area contributed by atoms with Gasteiger partial charge in [0.15, 0.2) is 0 Å². The van der Waals surface area contributed by atoms with Gasteiger partial charge >= 0.3 is 0 Å². The van der Waals surface area contributed by atoms with Crippen molar-refractivity contribution < 1.29 is 0 Å². The van der Waals surface area contributed by atoms with Crippen LogP contribution in [0.25, 0.3) is 11.1 Å². The molecule has 0 fully saturated rings. The second kappa shape index (κ2) is 4.10. The molecule has 16 heavy (non-hydrogen) atoms. The molecule has 0 atom stereocenters. The number of pyridine rings is 2. The lowest BCUT2D eigenvalue weighted by Gasteiger charge is -2.07. The van der Waals surface area contributed by atoms with Crippen LogP contribution >= 0.6 is 11.6 Å². The highest BCUT2D eigenvalue weighted by atomic mass is 35.5. The Bertz CT molecular complexity index is 538. The van der Waals surface area contributed by atoms with Crippen molar-refractivity contribution in [3.05, 3.63) is 40.9 Å². The zero-order valence-corrected chi connectivity index (χ0v) is 9.92. The summed E-state index contributed by atoms with van der Waals surface area (Å²) < 4.78 is 0. The van der Waals surface area contributed by atoms with Crippen LogP contribution in [0.15, 0.2) is 24.5 Å². The molecule has 0 saturated heterocycles. The van der Waals surface area contributed by atoms with Crippen molar-refractivity contribution >= 4 is 17.3 Å². The summed E-state index contributed by atoms with van der Waals surface area (Å²) in [7, 11) is 0. The number of aryl methyl sites for hydroxylation is 2. The molecule has 0 unspecified atom stereocenters.